The molecule has 0 radical (unpaired) electrons. The van der Waals surface area contributed by atoms with E-state index in [4.69, 9.17) is 39.4 Å². The lowest BCUT2D eigenvalue weighted by molar-refractivity contribution is 0.414. The van der Waals surface area contributed by atoms with Crippen molar-refractivity contribution in [2.45, 2.75) is 37.5 Å². The highest BCUT2D eigenvalue weighted by Gasteiger charge is 2.30. The minimum Gasteiger partial charge on any atom is -0.497 e. The Morgan fingerprint density at radius 3 is 1.53 bits per heavy atom. The van der Waals surface area contributed by atoms with E-state index < -0.39 is 0 Å². The summed E-state index contributed by atoms with van der Waals surface area (Å²) in [4.78, 5) is 30.1. The van der Waals surface area contributed by atoms with Crippen LogP contribution in [0, 0.1) is 0 Å². The number of allylic oxidation sites excluding steroid dienone is 8. The van der Waals surface area contributed by atoms with Crippen molar-refractivity contribution >= 4 is 16.3 Å². The number of hydrogen-bond acceptors (Lipinski definition) is 8. The predicted molar refractivity (Wildman–Crippen MR) is 257 cm³/mol. The Kier molecular flexibility index (Phi) is 10.6. The summed E-state index contributed by atoms with van der Waals surface area (Å²) in [5.41, 5.74) is 7.49. The van der Waals surface area contributed by atoms with Gasteiger partial charge in [0.05, 0.1) is 14.2 Å². The first-order chi connectivity index (χ1) is 31.3. The van der Waals surface area contributed by atoms with Gasteiger partial charge in [-0.25, -0.2) is 29.9 Å². The van der Waals surface area contributed by atoms with E-state index in [1.165, 1.54) is 21.9 Å². The first-order valence-corrected chi connectivity index (χ1v) is 21.5. The summed E-state index contributed by atoms with van der Waals surface area (Å²) in [6.07, 6.45) is 16.8. The zero-order valence-electron chi connectivity index (χ0n) is 36.2. The molecule has 0 saturated heterocycles. The fourth-order valence-corrected chi connectivity index (χ4v) is 8.57. The summed E-state index contributed by atoms with van der Waals surface area (Å²) >= 11 is 0. The smallest absolute Gasteiger partial charge is 0.164 e. The highest BCUT2D eigenvalue weighted by molar-refractivity contribution is 6.00. The van der Waals surface area contributed by atoms with Crippen LogP contribution in [0.1, 0.15) is 43.9 Å². The van der Waals surface area contributed by atoms with E-state index in [1.54, 1.807) is 14.2 Å². The Hall–Kier alpha value is -7.84. The monoisotopic (exact) mass is 834 g/mol. The van der Waals surface area contributed by atoms with Crippen molar-refractivity contribution in [3.63, 3.8) is 0 Å². The zero-order valence-corrected chi connectivity index (χ0v) is 36.2. The maximum Gasteiger partial charge on any atom is 0.164 e. The van der Waals surface area contributed by atoms with Crippen LogP contribution in [0.2, 0.25) is 0 Å². The normalized spacial score (nSPS) is 17.9. The average molecular weight is 835 g/mol. The van der Waals surface area contributed by atoms with Crippen LogP contribution >= 0.6 is 0 Å². The van der Waals surface area contributed by atoms with Gasteiger partial charge in [0, 0.05) is 38.7 Å². The fraction of sp³-hybridized carbons (Fsp3) is 0.143. The second-order valence-electron chi connectivity index (χ2n) is 16.7. The third kappa shape index (κ3) is 7.79. The maximum absolute atomic E-state index is 5.43. The van der Waals surface area contributed by atoms with Crippen molar-refractivity contribution in [3.05, 3.63) is 199 Å². The lowest BCUT2D eigenvalue weighted by atomic mass is 9.73. The molecule has 0 fully saturated rings. The standard InChI is InChI=1S/C56H46N6O2/c1-55(35-31-43(32-36-55)51-58-49(39-13-7-5-8-14-39)57-50(59-51)41-23-27-44(63-3)28-24-41)47-18-12-16-38-15-11-17-46(48(38)47)37-19-21-40(22-20-37)52-60-53(42-25-29-45(64-4)30-26-42)62-54(61-52)56(2)33-9-6-10-34-56/h5-33,35H,34,36H2,1-4H3. The van der Waals surface area contributed by atoms with Gasteiger partial charge >= 0.3 is 0 Å². The molecule has 2 aliphatic carbocycles. The van der Waals surface area contributed by atoms with E-state index in [0.29, 0.717) is 29.1 Å². The van der Waals surface area contributed by atoms with E-state index in [0.717, 1.165) is 63.6 Å². The fourth-order valence-electron chi connectivity index (χ4n) is 8.57. The van der Waals surface area contributed by atoms with Crippen LogP contribution in [0.4, 0.5) is 0 Å². The minimum atomic E-state index is -0.358. The number of nitrogens with zero attached hydrogens (tertiary/aromatic N) is 6. The third-order valence-corrected chi connectivity index (χ3v) is 12.4. The van der Waals surface area contributed by atoms with Gasteiger partial charge < -0.3 is 9.47 Å². The Balaban J connectivity index is 0.991. The van der Waals surface area contributed by atoms with Gasteiger partial charge in [-0.2, -0.15) is 0 Å². The summed E-state index contributed by atoms with van der Waals surface area (Å²) in [6, 6.07) is 47.6. The van der Waals surface area contributed by atoms with Gasteiger partial charge in [-0.05, 0) is 95.8 Å². The van der Waals surface area contributed by atoms with E-state index >= 15 is 0 Å². The molecule has 8 nitrogen and oxygen atoms in total. The topological polar surface area (TPSA) is 95.8 Å². The van der Waals surface area contributed by atoms with Gasteiger partial charge in [0.2, 0.25) is 0 Å². The van der Waals surface area contributed by atoms with Crippen LogP contribution in [0.5, 0.6) is 11.5 Å². The van der Waals surface area contributed by atoms with Crippen LogP contribution < -0.4 is 9.47 Å². The summed E-state index contributed by atoms with van der Waals surface area (Å²) in [5, 5.41) is 2.41. The molecule has 312 valence electrons. The molecule has 6 aromatic carbocycles. The molecule has 0 aliphatic heterocycles. The number of benzene rings is 6. The number of aromatic nitrogens is 6. The molecule has 2 heterocycles. The lowest BCUT2D eigenvalue weighted by Crippen LogP contribution is -2.24. The van der Waals surface area contributed by atoms with Gasteiger partial charge in [-0.3, -0.25) is 0 Å². The number of ether oxygens (including phenoxy) is 2. The molecule has 8 heteroatoms. The van der Waals surface area contributed by atoms with Gasteiger partial charge in [-0.1, -0.05) is 140 Å². The van der Waals surface area contributed by atoms with Crippen LogP contribution in [0.3, 0.4) is 0 Å². The van der Waals surface area contributed by atoms with E-state index in [-0.39, 0.29) is 10.8 Å². The van der Waals surface area contributed by atoms with E-state index in [2.05, 4.69) is 117 Å². The molecule has 2 unspecified atom stereocenters. The van der Waals surface area contributed by atoms with Crippen molar-refractivity contribution in [2.75, 3.05) is 14.2 Å². The zero-order chi connectivity index (χ0) is 43.7. The molecule has 2 aromatic heterocycles. The highest BCUT2D eigenvalue weighted by atomic mass is 16.5. The van der Waals surface area contributed by atoms with E-state index in [1.807, 2.05) is 78.9 Å². The Morgan fingerprint density at radius 2 is 0.984 bits per heavy atom. The Morgan fingerprint density at radius 1 is 0.453 bits per heavy atom. The Labute approximate surface area is 373 Å². The van der Waals surface area contributed by atoms with Crippen molar-refractivity contribution in [1.82, 2.24) is 29.9 Å². The van der Waals surface area contributed by atoms with Gasteiger partial charge in [0.1, 0.15) is 17.3 Å². The van der Waals surface area contributed by atoms with Crippen molar-refractivity contribution < 1.29 is 9.47 Å². The number of hydrogen-bond donors (Lipinski definition) is 0. The summed E-state index contributed by atoms with van der Waals surface area (Å²) in [7, 11) is 3.33. The number of rotatable bonds is 10. The van der Waals surface area contributed by atoms with Gasteiger partial charge in [0.25, 0.3) is 0 Å². The van der Waals surface area contributed by atoms with Crippen molar-refractivity contribution in [3.8, 4) is 68.2 Å². The van der Waals surface area contributed by atoms with Crippen LogP contribution in [-0.2, 0) is 10.8 Å². The largest absolute Gasteiger partial charge is 0.497 e. The average Bonchev–Trinajstić information content (AvgIpc) is 3.36. The van der Waals surface area contributed by atoms with Crippen LogP contribution in [0.25, 0.3) is 73.0 Å². The van der Waals surface area contributed by atoms with Crippen molar-refractivity contribution in [1.29, 1.82) is 0 Å². The van der Waals surface area contributed by atoms with Gasteiger partial charge in [-0.15, -0.1) is 0 Å². The van der Waals surface area contributed by atoms with Crippen LogP contribution in [-0.4, -0.2) is 44.1 Å². The molecule has 2 aliphatic rings. The predicted octanol–water partition coefficient (Wildman–Crippen LogP) is 12.6. The molecule has 10 rings (SSSR count). The molecule has 2 atom stereocenters. The van der Waals surface area contributed by atoms with E-state index in [9.17, 15) is 0 Å². The highest BCUT2D eigenvalue weighted by Crippen LogP contribution is 2.43. The molecular formula is C56H46N6O2. The summed E-state index contributed by atoms with van der Waals surface area (Å²) in [5.74, 6) is 5.45. The first-order valence-electron chi connectivity index (χ1n) is 21.5. The summed E-state index contributed by atoms with van der Waals surface area (Å²) in [6.45, 7) is 4.49. The molecule has 0 N–H and O–H groups in total. The van der Waals surface area contributed by atoms with Gasteiger partial charge in [0.15, 0.2) is 29.1 Å². The first kappa shape index (κ1) is 40.2. The quantitative estimate of drug-likeness (QED) is 0.134. The van der Waals surface area contributed by atoms with Crippen molar-refractivity contribution in [2.24, 2.45) is 0 Å². The molecule has 0 spiro atoms. The molecule has 0 amide bonds. The SMILES string of the molecule is COc1ccc(-c2nc(C3=CCC(C)(c4cccc5cccc(-c6ccc(-c7nc(-c8ccc(OC)cc8)nc(C8(C)C=CC=CC8)n7)cc6)c45)C=C3)nc(-c3ccccc3)n2)cc1. The molecule has 8 aromatic rings. The Bertz CT molecular complexity index is 3130. The molecular weight excluding hydrogens is 789 g/mol. The molecule has 0 bridgehead atoms. The molecule has 64 heavy (non-hydrogen) atoms. The van der Waals surface area contributed by atoms with Crippen LogP contribution in [0.15, 0.2) is 182 Å². The lowest BCUT2D eigenvalue weighted by Gasteiger charge is -2.30. The number of methoxy groups -OCH3 is 2. The second-order valence-corrected chi connectivity index (χ2v) is 16.7. The summed E-state index contributed by atoms with van der Waals surface area (Å²) < 4.78 is 10.8. The third-order valence-electron chi connectivity index (χ3n) is 12.4. The minimum absolute atomic E-state index is 0.300. The second kappa shape index (κ2) is 16.8. The number of fused-ring (bicyclic) bond motifs is 1. The maximum atomic E-state index is 5.43. The molecule has 0 saturated carbocycles.